The zero-order valence-corrected chi connectivity index (χ0v) is 10.5. The van der Waals surface area contributed by atoms with E-state index in [0.29, 0.717) is 5.92 Å². The first-order chi connectivity index (χ1) is 8.59. The van der Waals surface area contributed by atoms with Crippen molar-refractivity contribution in [3.63, 3.8) is 0 Å². The van der Waals surface area contributed by atoms with Crippen molar-refractivity contribution in [3.05, 3.63) is 48.0 Å². The Balaban J connectivity index is 2.01. The van der Waals surface area contributed by atoms with E-state index >= 15 is 0 Å². The molecule has 0 aromatic heterocycles. The van der Waals surface area contributed by atoms with E-state index in [9.17, 15) is 4.79 Å². The third kappa shape index (κ3) is 1.83. The molecule has 1 fully saturated rings. The third-order valence-corrected chi connectivity index (χ3v) is 3.93. The molecule has 1 aliphatic rings. The van der Waals surface area contributed by atoms with E-state index in [1.165, 1.54) is 0 Å². The summed E-state index contributed by atoms with van der Waals surface area (Å²) in [5, 5.41) is 2.24. The lowest BCUT2D eigenvalue weighted by Gasteiger charge is -2.22. The summed E-state index contributed by atoms with van der Waals surface area (Å²) in [6, 6.07) is 13.9. The fraction of sp³-hybridized carbons (Fsp3) is 0.312. The summed E-state index contributed by atoms with van der Waals surface area (Å²) in [4.78, 5) is 12.5. The predicted octanol–water partition coefficient (Wildman–Crippen LogP) is 3.15. The van der Waals surface area contributed by atoms with Crippen molar-refractivity contribution in [2.75, 3.05) is 0 Å². The topological polar surface area (TPSA) is 43.1 Å². The first-order valence-electron chi connectivity index (χ1n) is 6.41. The first-order valence-corrected chi connectivity index (χ1v) is 6.41. The molecule has 2 heteroatoms. The van der Waals surface area contributed by atoms with E-state index in [1.54, 1.807) is 0 Å². The Morgan fingerprint density at radius 3 is 2.50 bits per heavy atom. The van der Waals surface area contributed by atoms with Crippen LogP contribution in [0.5, 0.6) is 0 Å². The average molecular weight is 239 g/mol. The highest BCUT2D eigenvalue weighted by molar-refractivity contribution is 6.05. The van der Waals surface area contributed by atoms with Crippen LogP contribution in [0, 0.1) is 5.92 Å². The molecule has 3 rings (SSSR count). The van der Waals surface area contributed by atoms with Gasteiger partial charge in [0.15, 0.2) is 5.78 Å². The van der Waals surface area contributed by atoms with E-state index in [4.69, 9.17) is 5.73 Å². The van der Waals surface area contributed by atoms with Crippen LogP contribution in [0.15, 0.2) is 42.5 Å². The lowest BCUT2D eigenvalue weighted by atomic mass is 9.87. The van der Waals surface area contributed by atoms with Crippen molar-refractivity contribution in [1.29, 1.82) is 0 Å². The number of carbonyl (C=O) groups is 1. The van der Waals surface area contributed by atoms with Gasteiger partial charge in [-0.25, -0.2) is 0 Å². The molecular formula is C16H17NO. The maximum atomic E-state index is 12.5. The van der Waals surface area contributed by atoms with Crippen LogP contribution >= 0.6 is 0 Å². The van der Waals surface area contributed by atoms with Crippen LogP contribution in [-0.2, 0) is 0 Å². The SMILES string of the molecule is CC(N)(C(=O)c1ccc2ccccc2c1)C1CC1. The van der Waals surface area contributed by atoms with Crippen molar-refractivity contribution in [1.82, 2.24) is 0 Å². The average Bonchev–Trinajstić information content (AvgIpc) is 3.22. The minimum atomic E-state index is -0.706. The molecule has 1 saturated carbocycles. The van der Waals surface area contributed by atoms with Gasteiger partial charge in [-0.2, -0.15) is 0 Å². The fourth-order valence-electron chi connectivity index (χ4n) is 2.51. The van der Waals surface area contributed by atoms with Gasteiger partial charge in [0.25, 0.3) is 0 Å². The molecule has 0 heterocycles. The Morgan fingerprint density at radius 1 is 1.17 bits per heavy atom. The number of ketones is 1. The molecule has 0 spiro atoms. The molecule has 0 aliphatic heterocycles. The summed E-state index contributed by atoms with van der Waals surface area (Å²) in [6.07, 6.45) is 2.15. The van der Waals surface area contributed by atoms with Crippen LogP contribution in [0.2, 0.25) is 0 Å². The molecule has 1 aliphatic carbocycles. The smallest absolute Gasteiger partial charge is 0.182 e. The number of hydrogen-bond acceptors (Lipinski definition) is 2. The fourth-order valence-corrected chi connectivity index (χ4v) is 2.51. The summed E-state index contributed by atoms with van der Waals surface area (Å²) in [6.45, 7) is 1.86. The number of hydrogen-bond donors (Lipinski definition) is 1. The first kappa shape index (κ1) is 11.4. The van der Waals surface area contributed by atoms with Crippen LogP contribution in [0.25, 0.3) is 10.8 Å². The maximum absolute atomic E-state index is 12.5. The van der Waals surface area contributed by atoms with E-state index in [0.717, 1.165) is 29.2 Å². The molecule has 2 aromatic rings. The minimum Gasteiger partial charge on any atom is -0.319 e. The second-order valence-electron chi connectivity index (χ2n) is 5.45. The minimum absolute atomic E-state index is 0.0655. The molecule has 92 valence electrons. The maximum Gasteiger partial charge on any atom is 0.182 e. The van der Waals surface area contributed by atoms with Gasteiger partial charge < -0.3 is 5.73 Å². The highest BCUT2D eigenvalue weighted by atomic mass is 16.1. The normalized spacial score (nSPS) is 18.6. The number of rotatable bonds is 3. The number of nitrogens with two attached hydrogens (primary N) is 1. The molecule has 0 radical (unpaired) electrons. The molecular weight excluding hydrogens is 222 g/mol. The highest BCUT2D eigenvalue weighted by Crippen LogP contribution is 2.39. The van der Waals surface area contributed by atoms with Gasteiger partial charge in [-0.1, -0.05) is 36.4 Å². The number of Topliss-reactive ketones (excluding diaryl/α,β-unsaturated/α-hetero) is 1. The van der Waals surface area contributed by atoms with Crippen LogP contribution in [0.1, 0.15) is 30.1 Å². The molecule has 0 saturated heterocycles. The van der Waals surface area contributed by atoms with Crippen molar-refractivity contribution in [2.45, 2.75) is 25.3 Å². The molecule has 1 atom stereocenters. The Labute approximate surface area is 107 Å². The Bertz CT molecular complexity index is 611. The van der Waals surface area contributed by atoms with Crippen LogP contribution < -0.4 is 5.73 Å². The molecule has 0 amide bonds. The van der Waals surface area contributed by atoms with E-state index < -0.39 is 5.54 Å². The van der Waals surface area contributed by atoms with Gasteiger partial charge >= 0.3 is 0 Å². The summed E-state index contributed by atoms with van der Waals surface area (Å²) >= 11 is 0. The van der Waals surface area contributed by atoms with Crippen molar-refractivity contribution >= 4 is 16.6 Å². The molecule has 2 aromatic carbocycles. The van der Waals surface area contributed by atoms with Gasteiger partial charge in [0.1, 0.15) is 0 Å². The highest BCUT2D eigenvalue weighted by Gasteiger charge is 2.44. The summed E-state index contributed by atoms with van der Waals surface area (Å²) < 4.78 is 0. The lowest BCUT2D eigenvalue weighted by molar-refractivity contribution is 0.0883. The second-order valence-corrected chi connectivity index (χ2v) is 5.45. The van der Waals surface area contributed by atoms with Gasteiger partial charge in [-0.05, 0) is 42.5 Å². The monoisotopic (exact) mass is 239 g/mol. The van der Waals surface area contributed by atoms with Crippen LogP contribution in [0.4, 0.5) is 0 Å². The van der Waals surface area contributed by atoms with Gasteiger partial charge in [-0.3, -0.25) is 4.79 Å². The summed E-state index contributed by atoms with van der Waals surface area (Å²) in [5.74, 6) is 0.423. The summed E-state index contributed by atoms with van der Waals surface area (Å²) in [5.41, 5.74) is 6.21. The number of carbonyl (C=O) groups excluding carboxylic acids is 1. The Morgan fingerprint density at radius 2 is 1.83 bits per heavy atom. The molecule has 2 N–H and O–H groups in total. The molecule has 2 nitrogen and oxygen atoms in total. The van der Waals surface area contributed by atoms with Crippen molar-refractivity contribution in [2.24, 2.45) is 11.7 Å². The largest absolute Gasteiger partial charge is 0.319 e. The summed E-state index contributed by atoms with van der Waals surface area (Å²) in [7, 11) is 0. The molecule has 18 heavy (non-hydrogen) atoms. The molecule has 1 unspecified atom stereocenters. The zero-order valence-electron chi connectivity index (χ0n) is 10.5. The van der Waals surface area contributed by atoms with Crippen molar-refractivity contribution < 1.29 is 4.79 Å². The van der Waals surface area contributed by atoms with E-state index in [-0.39, 0.29) is 5.78 Å². The van der Waals surface area contributed by atoms with E-state index in [1.807, 2.05) is 49.4 Å². The lowest BCUT2D eigenvalue weighted by Crippen LogP contribution is -2.47. The van der Waals surface area contributed by atoms with Gasteiger partial charge in [-0.15, -0.1) is 0 Å². The number of fused-ring (bicyclic) bond motifs is 1. The van der Waals surface area contributed by atoms with Crippen LogP contribution in [0.3, 0.4) is 0 Å². The standard InChI is InChI=1S/C16H17NO/c1-16(17,14-8-9-14)15(18)13-7-6-11-4-2-3-5-12(11)10-13/h2-7,10,14H,8-9,17H2,1H3. The Hall–Kier alpha value is -1.67. The van der Waals surface area contributed by atoms with Gasteiger partial charge in [0.2, 0.25) is 0 Å². The van der Waals surface area contributed by atoms with Gasteiger partial charge in [0, 0.05) is 5.56 Å². The van der Waals surface area contributed by atoms with Crippen molar-refractivity contribution in [3.8, 4) is 0 Å². The van der Waals surface area contributed by atoms with Crippen LogP contribution in [-0.4, -0.2) is 11.3 Å². The second kappa shape index (κ2) is 3.92. The zero-order chi connectivity index (χ0) is 12.8. The van der Waals surface area contributed by atoms with E-state index in [2.05, 4.69) is 0 Å². The predicted molar refractivity (Wildman–Crippen MR) is 73.6 cm³/mol. The Kier molecular flexibility index (Phi) is 2.49. The third-order valence-electron chi connectivity index (χ3n) is 3.93. The van der Waals surface area contributed by atoms with Gasteiger partial charge in [0.05, 0.1) is 5.54 Å². The quantitative estimate of drug-likeness (QED) is 0.836. The molecule has 0 bridgehead atoms. The number of benzene rings is 2.